The molecule has 10 heteroatoms. The minimum absolute atomic E-state index is 0.113. The third kappa shape index (κ3) is 4.07. The second-order valence-electron chi connectivity index (χ2n) is 9.02. The lowest BCUT2D eigenvalue weighted by atomic mass is 9.84. The summed E-state index contributed by atoms with van der Waals surface area (Å²) in [5, 5.41) is 0. The SMILES string of the molecule is NC(=O)[C@@H]1CCCN1C(=O)[C@@H](N)C1CC2CCC(C1)N2C(=O)c1ccc(C(F)(F)F)cc1. The van der Waals surface area contributed by atoms with E-state index < -0.39 is 29.7 Å². The van der Waals surface area contributed by atoms with Crippen molar-refractivity contribution in [2.24, 2.45) is 17.4 Å². The zero-order valence-corrected chi connectivity index (χ0v) is 17.6. The molecular weight excluding hydrogens is 425 g/mol. The number of fused-ring (bicyclic) bond motifs is 2. The van der Waals surface area contributed by atoms with Gasteiger partial charge in [0.1, 0.15) is 6.04 Å². The predicted molar refractivity (Wildman–Crippen MR) is 109 cm³/mol. The molecule has 7 nitrogen and oxygen atoms in total. The molecular formula is C22H27F3N4O3. The van der Waals surface area contributed by atoms with Crippen LogP contribution in [0.5, 0.6) is 0 Å². The van der Waals surface area contributed by atoms with Crippen molar-refractivity contribution in [1.82, 2.24) is 9.80 Å². The van der Waals surface area contributed by atoms with Crippen molar-refractivity contribution in [1.29, 1.82) is 0 Å². The van der Waals surface area contributed by atoms with Gasteiger partial charge in [-0.15, -0.1) is 0 Å². The first kappa shape index (κ1) is 22.6. The topological polar surface area (TPSA) is 110 Å². The standard InChI is InChI=1S/C22H27F3N4O3/c23-22(24,25)14-5-3-12(4-6-14)20(31)29-15-7-8-16(29)11-13(10-15)18(26)21(32)28-9-1-2-17(28)19(27)30/h3-6,13,15-18H,1-2,7-11,26H2,(H2,27,30)/t13?,15?,16?,17-,18-/m0/s1. The number of carbonyl (C=O) groups is 3. The number of primary amides is 1. The van der Waals surface area contributed by atoms with Gasteiger partial charge in [0.15, 0.2) is 0 Å². The van der Waals surface area contributed by atoms with Crippen molar-refractivity contribution >= 4 is 17.7 Å². The van der Waals surface area contributed by atoms with Crippen LogP contribution in [0.4, 0.5) is 13.2 Å². The number of nitrogens with zero attached hydrogens (tertiary/aromatic N) is 2. The summed E-state index contributed by atoms with van der Waals surface area (Å²) < 4.78 is 38.4. The van der Waals surface area contributed by atoms with Crippen LogP contribution in [0.3, 0.4) is 0 Å². The van der Waals surface area contributed by atoms with Gasteiger partial charge in [0.25, 0.3) is 5.91 Å². The van der Waals surface area contributed by atoms with Crippen molar-refractivity contribution in [3.05, 3.63) is 35.4 Å². The van der Waals surface area contributed by atoms with Gasteiger partial charge in [-0.1, -0.05) is 0 Å². The number of rotatable bonds is 4. The molecule has 3 aliphatic rings. The smallest absolute Gasteiger partial charge is 0.368 e. The van der Waals surface area contributed by atoms with Crippen LogP contribution < -0.4 is 11.5 Å². The van der Waals surface area contributed by atoms with Crippen LogP contribution >= 0.6 is 0 Å². The molecule has 0 radical (unpaired) electrons. The Morgan fingerprint density at radius 3 is 2.12 bits per heavy atom. The number of halogens is 3. The third-order valence-corrected chi connectivity index (χ3v) is 7.12. The number of alkyl halides is 3. The van der Waals surface area contributed by atoms with E-state index in [4.69, 9.17) is 11.5 Å². The Hall–Kier alpha value is -2.62. The van der Waals surface area contributed by atoms with E-state index >= 15 is 0 Å². The van der Waals surface area contributed by atoms with E-state index in [1.165, 1.54) is 17.0 Å². The zero-order valence-electron chi connectivity index (χ0n) is 17.6. The molecule has 32 heavy (non-hydrogen) atoms. The van der Waals surface area contributed by atoms with Gasteiger partial charge < -0.3 is 21.3 Å². The van der Waals surface area contributed by atoms with E-state index in [2.05, 4.69) is 0 Å². The number of hydrogen-bond acceptors (Lipinski definition) is 4. The van der Waals surface area contributed by atoms with Crippen LogP contribution in [0, 0.1) is 5.92 Å². The lowest BCUT2D eigenvalue weighted by Gasteiger charge is -2.41. The molecule has 2 unspecified atom stereocenters. The zero-order chi connectivity index (χ0) is 23.2. The fourth-order valence-corrected chi connectivity index (χ4v) is 5.51. The highest BCUT2D eigenvalue weighted by Gasteiger charge is 2.47. The summed E-state index contributed by atoms with van der Waals surface area (Å²) in [6.45, 7) is 0.457. The van der Waals surface area contributed by atoms with Crippen LogP contribution in [0.2, 0.25) is 0 Å². The maximum atomic E-state index is 13.0. The van der Waals surface area contributed by atoms with Crippen molar-refractivity contribution in [3.8, 4) is 0 Å². The quantitative estimate of drug-likeness (QED) is 0.727. The second kappa shape index (κ2) is 8.38. The Morgan fingerprint density at radius 1 is 1.00 bits per heavy atom. The van der Waals surface area contributed by atoms with Gasteiger partial charge in [-0.05, 0) is 68.7 Å². The van der Waals surface area contributed by atoms with Gasteiger partial charge in [0.2, 0.25) is 11.8 Å². The van der Waals surface area contributed by atoms with E-state index in [1.807, 2.05) is 0 Å². The molecule has 2 bridgehead atoms. The lowest BCUT2D eigenvalue weighted by molar-refractivity contribution is -0.139. The van der Waals surface area contributed by atoms with E-state index in [9.17, 15) is 27.6 Å². The normalized spacial score (nSPS) is 28.6. The highest BCUT2D eigenvalue weighted by Crippen LogP contribution is 2.41. The summed E-state index contributed by atoms with van der Waals surface area (Å²) in [5.41, 5.74) is 11.2. The molecule has 0 spiro atoms. The Morgan fingerprint density at radius 2 is 1.59 bits per heavy atom. The van der Waals surface area contributed by atoms with Crippen molar-refractivity contribution in [3.63, 3.8) is 0 Å². The molecule has 3 fully saturated rings. The van der Waals surface area contributed by atoms with Gasteiger partial charge in [-0.2, -0.15) is 13.2 Å². The van der Waals surface area contributed by atoms with Crippen molar-refractivity contribution < 1.29 is 27.6 Å². The maximum absolute atomic E-state index is 13.0. The van der Waals surface area contributed by atoms with E-state index in [0.717, 1.165) is 25.0 Å². The second-order valence-corrected chi connectivity index (χ2v) is 9.02. The summed E-state index contributed by atoms with van der Waals surface area (Å²) >= 11 is 0. The van der Waals surface area contributed by atoms with Crippen LogP contribution in [-0.2, 0) is 15.8 Å². The summed E-state index contributed by atoms with van der Waals surface area (Å²) in [4.78, 5) is 40.9. The Labute approximate surface area is 183 Å². The van der Waals surface area contributed by atoms with Gasteiger partial charge >= 0.3 is 6.18 Å². The van der Waals surface area contributed by atoms with Crippen LogP contribution in [0.15, 0.2) is 24.3 Å². The monoisotopic (exact) mass is 452 g/mol. The Bertz CT molecular complexity index is 891. The summed E-state index contributed by atoms with van der Waals surface area (Å²) in [6, 6.07) is 2.64. The van der Waals surface area contributed by atoms with Gasteiger partial charge in [-0.3, -0.25) is 14.4 Å². The first-order valence-electron chi connectivity index (χ1n) is 10.9. The molecule has 1 aromatic carbocycles. The van der Waals surface area contributed by atoms with Crippen molar-refractivity contribution in [2.45, 2.75) is 68.9 Å². The molecule has 4 rings (SSSR count). The number of likely N-dealkylation sites (tertiary alicyclic amines) is 1. The van der Waals surface area contributed by atoms with Gasteiger partial charge in [0, 0.05) is 24.2 Å². The number of amides is 3. The molecule has 3 aliphatic heterocycles. The van der Waals surface area contributed by atoms with Crippen molar-refractivity contribution in [2.75, 3.05) is 6.54 Å². The molecule has 3 heterocycles. The minimum Gasteiger partial charge on any atom is -0.368 e. The summed E-state index contributed by atoms with van der Waals surface area (Å²) in [5.74, 6) is -1.23. The van der Waals surface area contributed by atoms with E-state index in [0.29, 0.717) is 32.2 Å². The van der Waals surface area contributed by atoms with E-state index in [1.54, 1.807) is 4.90 Å². The van der Waals surface area contributed by atoms with Crippen LogP contribution in [0.25, 0.3) is 0 Å². The number of benzene rings is 1. The maximum Gasteiger partial charge on any atom is 0.416 e. The van der Waals surface area contributed by atoms with E-state index in [-0.39, 0.29) is 35.4 Å². The fraction of sp³-hybridized carbons (Fsp3) is 0.591. The fourth-order valence-electron chi connectivity index (χ4n) is 5.51. The average molecular weight is 452 g/mol. The molecule has 174 valence electrons. The Balaban J connectivity index is 1.44. The molecule has 1 aromatic rings. The van der Waals surface area contributed by atoms with Gasteiger partial charge in [0.05, 0.1) is 11.6 Å². The lowest BCUT2D eigenvalue weighted by Crippen LogP contribution is -2.56. The number of hydrogen-bond donors (Lipinski definition) is 2. The number of nitrogens with two attached hydrogens (primary N) is 2. The predicted octanol–water partition coefficient (Wildman–Crippen LogP) is 1.89. The highest BCUT2D eigenvalue weighted by atomic mass is 19.4. The molecule has 0 aliphatic carbocycles. The minimum atomic E-state index is -4.45. The molecule has 4 N–H and O–H groups in total. The largest absolute Gasteiger partial charge is 0.416 e. The molecule has 0 saturated carbocycles. The Kier molecular flexibility index (Phi) is 5.91. The first-order chi connectivity index (χ1) is 15.1. The molecule has 3 amide bonds. The molecule has 0 aromatic heterocycles. The number of carbonyl (C=O) groups excluding carboxylic acids is 3. The molecule has 3 saturated heterocycles. The highest BCUT2D eigenvalue weighted by molar-refractivity contribution is 5.95. The summed E-state index contributed by atoms with van der Waals surface area (Å²) in [6.07, 6.45) is -0.582. The average Bonchev–Trinajstić information content (AvgIpc) is 3.34. The number of piperidine rings is 1. The summed E-state index contributed by atoms with van der Waals surface area (Å²) in [7, 11) is 0. The van der Waals surface area contributed by atoms with Gasteiger partial charge in [-0.25, -0.2) is 0 Å². The third-order valence-electron chi connectivity index (χ3n) is 7.12. The first-order valence-corrected chi connectivity index (χ1v) is 10.9. The van der Waals surface area contributed by atoms with Crippen LogP contribution in [-0.4, -0.2) is 58.2 Å². The molecule has 4 atom stereocenters. The van der Waals surface area contributed by atoms with Crippen LogP contribution in [0.1, 0.15) is 54.4 Å².